The minimum Gasteiger partial charge on any atom is -0.477 e. The van der Waals surface area contributed by atoms with E-state index in [1.807, 2.05) is 0 Å². The number of ether oxygens (including phenoxy) is 12. The molecule has 0 saturated carbocycles. The number of ketones is 1. The number of aliphatic hydroxyl groups excluding tert-OH is 19. The molecule has 0 aromatic heterocycles. The molecule has 0 bridgehead atoms. The van der Waals surface area contributed by atoms with Crippen LogP contribution in [0.3, 0.4) is 0 Å². The Bertz CT molecular complexity index is 3080. The lowest BCUT2D eigenvalue weighted by Crippen LogP contribution is -2.71. The number of aliphatic hydroxyl groups is 19. The van der Waals surface area contributed by atoms with E-state index < -0.39 is 308 Å². The lowest BCUT2D eigenvalue weighted by Gasteiger charge is -2.53. The van der Waals surface area contributed by atoms with Gasteiger partial charge in [-0.2, -0.15) is 0 Å². The summed E-state index contributed by atoms with van der Waals surface area (Å²) in [5, 5.41) is 244. The second-order valence-electron chi connectivity index (χ2n) is 32.5. The number of rotatable bonds is 54. The van der Waals surface area contributed by atoms with Crippen LogP contribution in [-0.4, -0.2) is 390 Å². The minimum atomic E-state index is -3.48. The third-order valence-electron chi connectivity index (χ3n) is 22.9. The maximum absolute atomic E-state index is 14.0. The molecule has 42 heteroatoms. The molecule has 6 fully saturated rings. The maximum Gasteiger partial charge on any atom is 0.364 e. The molecule has 0 aromatic rings. The molecule has 0 aromatic carbocycles. The number of Topliss-reactive ketones (excluding diaryl/α,β-unsaturated/α-hetero) is 1. The van der Waals surface area contributed by atoms with Gasteiger partial charge in [-0.25, -0.2) is 9.59 Å². The predicted molar refractivity (Wildman–Crippen MR) is 413 cm³/mol. The van der Waals surface area contributed by atoms with E-state index in [1.54, 1.807) is 6.08 Å². The van der Waals surface area contributed by atoms with E-state index in [4.69, 9.17) is 56.8 Å². The number of carbonyl (C=O) groups is 6. The average Bonchev–Trinajstić information content (AvgIpc) is 0.753. The second-order valence-corrected chi connectivity index (χ2v) is 32.5. The van der Waals surface area contributed by atoms with Gasteiger partial charge in [-0.15, -0.1) is 0 Å². The van der Waals surface area contributed by atoms with Crippen LogP contribution in [0.2, 0.25) is 0 Å². The largest absolute Gasteiger partial charge is 0.477 e. The van der Waals surface area contributed by atoms with E-state index in [-0.39, 0.29) is 6.42 Å². The van der Waals surface area contributed by atoms with Gasteiger partial charge < -0.3 is 185 Å². The first-order valence-corrected chi connectivity index (χ1v) is 42.4. The van der Waals surface area contributed by atoms with Crippen molar-refractivity contribution in [2.45, 2.75) is 396 Å². The van der Waals surface area contributed by atoms with Crippen LogP contribution < -0.4 is 16.0 Å². The molecule has 6 rings (SSSR count). The number of carboxylic acid groups (broad SMARTS) is 2. The molecule has 6 saturated heterocycles. The third kappa shape index (κ3) is 29.5. The summed E-state index contributed by atoms with van der Waals surface area (Å²) in [6, 6.07) is -4.77. The Hall–Kier alpha value is -4.48. The van der Waals surface area contributed by atoms with Gasteiger partial charge in [-0.1, -0.05) is 142 Å². The number of hydrogen-bond donors (Lipinski definition) is 24. The van der Waals surface area contributed by atoms with E-state index in [0.717, 1.165) is 104 Å². The fraction of sp³-hybridized carbons (Fsp3) is 0.899. The highest BCUT2D eigenvalue weighted by atomic mass is 16.8. The third-order valence-corrected chi connectivity index (χ3v) is 22.9. The van der Waals surface area contributed by atoms with Crippen molar-refractivity contribution in [3.63, 3.8) is 0 Å². The summed E-state index contributed by atoms with van der Waals surface area (Å²) in [7, 11) is 0. The fourth-order valence-corrected chi connectivity index (χ4v) is 16.1. The standard InChI is InChI=1S/C79H137N3O39/c1-6-8-10-12-14-16-17-18-19-21-22-24-26-28-45(92)44(82-54(97)29-27-25-23-20-15-13-11-9-7-2)39-110-73-62(103)61(102)66(52(37-87)113-73)116-75-64(105)71(121-79(77(108)109)32-47(94)56(81-42(5)91)69(119-79)58(99)49(96)34-84)67(53(38-88)114-75)117-72-43(30-40(3)89)65(59(100)50(35-85)111-72)115-74-63(104)70(60(101)51(36-86)112-74)120-78(76(106)107)31-46(93)55(80-41(4)90)68(118-78)57(98)48(95)33-83/h26,28,43-53,55-75,83-88,92-96,98-105H,6-25,27,29-39H2,1-5H3,(H,80,90)(H,81,91)(H,82,97)(H,106,107)(H,108,109). The first-order valence-electron chi connectivity index (χ1n) is 42.4. The molecular formula is C79H137N3O39. The van der Waals surface area contributed by atoms with Gasteiger partial charge in [0, 0.05) is 45.4 Å². The zero-order valence-electron chi connectivity index (χ0n) is 69.5. The van der Waals surface area contributed by atoms with Crippen LogP contribution in [0, 0.1) is 5.92 Å². The number of allylic oxidation sites excluding steroid dienone is 1. The molecule has 121 heavy (non-hydrogen) atoms. The molecule has 3 amide bonds. The SMILES string of the molecule is CCCCCCCCCCCCCC=CC(O)C(COC1OC(CO)C(OC2OC(CO)C(OC3OC(CO)C(O)C(OC4OC(CO)C(O)C(OC5(C(=O)O)CC(O)C(NC(C)=O)C(C(O)C(O)CO)O5)C4O)C3CC(C)=O)C(OC3(C(=O)O)CC(O)C(NC(C)=O)C(C(O)C(O)CO)O3)C2O)C(O)C1O)NC(=O)CCCCCCCCCCC. The lowest BCUT2D eigenvalue weighted by molar-refractivity contribution is -0.408. The molecule has 0 aliphatic carbocycles. The molecule has 0 spiro atoms. The summed E-state index contributed by atoms with van der Waals surface area (Å²) < 4.78 is 72.5. The van der Waals surface area contributed by atoms with Crippen LogP contribution in [0.15, 0.2) is 12.2 Å². The van der Waals surface area contributed by atoms with Crippen molar-refractivity contribution >= 4 is 35.4 Å². The monoisotopic (exact) mass is 1750 g/mol. The number of unbranched alkanes of at least 4 members (excludes halogenated alkanes) is 19. The molecule has 702 valence electrons. The first-order chi connectivity index (χ1) is 57.6. The van der Waals surface area contributed by atoms with Crippen molar-refractivity contribution in [2.75, 3.05) is 46.2 Å². The topological polar surface area (TPSA) is 674 Å². The second kappa shape index (κ2) is 52.1. The molecule has 34 unspecified atom stereocenters. The number of carbonyl (C=O) groups excluding carboxylic acids is 4. The molecule has 42 nitrogen and oxygen atoms in total. The molecule has 6 heterocycles. The van der Waals surface area contributed by atoms with Gasteiger partial charge in [-0.3, -0.25) is 14.4 Å². The van der Waals surface area contributed by atoms with Gasteiger partial charge in [0.1, 0.15) is 128 Å². The number of amides is 3. The maximum atomic E-state index is 14.0. The predicted octanol–water partition coefficient (Wildman–Crippen LogP) is -5.12. The quantitative estimate of drug-likeness (QED) is 0.0200. The van der Waals surface area contributed by atoms with Gasteiger partial charge in [-0.05, 0) is 26.2 Å². The molecule has 0 radical (unpaired) electrons. The number of carboxylic acids is 2. The number of aliphatic carboxylic acids is 2. The highest BCUT2D eigenvalue weighted by molar-refractivity contribution is 5.78. The first kappa shape index (κ1) is 105. The Balaban J connectivity index is 1.33. The van der Waals surface area contributed by atoms with Gasteiger partial charge in [0.2, 0.25) is 17.7 Å². The van der Waals surface area contributed by atoms with E-state index in [0.29, 0.717) is 12.8 Å². The number of hydrogen-bond acceptors (Lipinski definition) is 37. The fourth-order valence-electron chi connectivity index (χ4n) is 16.1. The Morgan fingerprint density at radius 3 is 1.30 bits per heavy atom. The van der Waals surface area contributed by atoms with Crippen molar-refractivity contribution in [3.8, 4) is 0 Å². The Kier molecular flexibility index (Phi) is 45.3. The average molecular weight is 1750 g/mol. The zero-order valence-corrected chi connectivity index (χ0v) is 69.5. The van der Waals surface area contributed by atoms with Crippen molar-refractivity contribution < 1.29 is 193 Å². The highest BCUT2D eigenvalue weighted by Crippen LogP contribution is 2.44. The van der Waals surface area contributed by atoms with Crippen LogP contribution in [-0.2, 0) is 85.6 Å². The molecular weight excluding hydrogens is 1610 g/mol. The van der Waals surface area contributed by atoms with Crippen molar-refractivity contribution in [2.24, 2.45) is 5.92 Å². The van der Waals surface area contributed by atoms with E-state index >= 15 is 0 Å². The number of nitrogens with one attached hydrogen (secondary N) is 3. The van der Waals surface area contributed by atoms with Crippen molar-refractivity contribution in [1.29, 1.82) is 0 Å². The van der Waals surface area contributed by atoms with Gasteiger partial charge in [0.15, 0.2) is 25.2 Å². The Morgan fingerprint density at radius 1 is 0.455 bits per heavy atom. The minimum absolute atomic E-state index is 0.0956. The molecule has 34 atom stereocenters. The summed E-state index contributed by atoms with van der Waals surface area (Å²) in [5.74, 6) is -16.1. The smallest absolute Gasteiger partial charge is 0.364 e. The molecule has 6 aliphatic heterocycles. The highest BCUT2D eigenvalue weighted by Gasteiger charge is 2.64. The van der Waals surface area contributed by atoms with Gasteiger partial charge in [0.25, 0.3) is 11.6 Å². The summed E-state index contributed by atoms with van der Waals surface area (Å²) in [6.45, 7) is -0.709. The lowest BCUT2D eigenvalue weighted by atomic mass is 9.86. The van der Waals surface area contributed by atoms with Crippen LogP contribution in [0.4, 0.5) is 0 Å². The normalized spacial score (nSPS) is 36.3. The van der Waals surface area contributed by atoms with Crippen LogP contribution in [0.25, 0.3) is 0 Å². The van der Waals surface area contributed by atoms with E-state index in [1.165, 1.54) is 44.6 Å². The van der Waals surface area contributed by atoms with Gasteiger partial charge >= 0.3 is 11.9 Å². The summed E-state index contributed by atoms with van der Waals surface area (Å²) in [5.41, 5.74) is 0. The van der Waals surface area contributed by atoms with E-state index in [2.05, 4.69) is 29.8 Å². The summed E-state index contributed by atoms with van der Waals surface area (Å²) >= 11 is 0. The van der Waals surface area contributed by atoms with Crippen molar-refractivity contribution in [3.05, 3.63) is 12.2 Å². The van der Waals surface area contributed by atoms with E-state index in [9.17, 15) is 136 Å². The Labute approximate surface area is 702 Å². The van der Waals surface area contributed by atoms with Crippen molar-refractivity contribution in [1.82, 2.24) is 16.0 Å². The van der Waals surface area contributed by atoms with Crippen LogP contribution >= 0.6 is 0 Å². The van der Waals surface area contributed by atoms with Gasteiger partial charge in [0.05, 0.1) is 88.8 Å². The van der Waals surface area contributed by atoms with Crippen LogP contribution in [0.5, 0.6) is 0 Å². The molecule has 6 aliphatic rings. The zero-order chi connectivity index (χ0) is 89.6. The molecule has 24 N–H and O–H groups in total. The summed E-state index contributed by atoms with van der Waals surface area (Å²) in [4.78, 5) is 79.5. The van der Waals surface area contributed by atoms with Crippen LogP contribution in [0.1, 0.15) is 195 Å². The summed E-state index contributed by atoms with van der Waals surface area (Å²) in [6.07, 6.45) is -40.2. The Morgan fingerprint density at radius 2 is 0.851 bits per heavy atom.